The van der Waals surface area contributed by atoms with Gasteiger partial charge in [-0.3, -0.25) is 0 Å². The van der Waals surface area contributed by atoms with Crippen LogP contribution in [0.25, 0.3) is 0 Å². The molecule has 0 unspecified atom stereocenters. The van der Waals surface area contributed by atoms with E-state index in [0.29, 0.717) is 73.0 Å². The molecule has 11 heteroatoms. The third-order valence-corrected chi connectivity index (χ3v) is 11.0. The average molecular weight is 703 g/mol. The molecule has 4 aliphatic rings. The van der Waals surface area contributed by atoms with Gasteiger partial charge in [-0.15, -0.1) is 0 Å². The molecule has 11 rings (SSSR count). The van der Waals surface area contributed by atoms with Crippen molar-refractivity contribution in [1.29, 1.82) is 0 Å². The standard InChI is InChI=1S/C42H21B2F6N3/c45-22-1-9-28(10-2-22)51-34-13-5-24(47)17-30(34)43-32-19-26(49)7-15-36(32)53-37-16-8-27(50)20-33(37)44-31-18-25(48)6-14-35(31)52(29-11-3-23(46)4-12-29)39-21-38(51)40(43)42(53)41(39)44/h1-21H. The van der Waals surface area contributed by atoms with Crippen molar-refractivity contribution in [2.75, 3.05) is 14.7 Å². The first-order chi connectivity index (χ1) is 25.7. The molecule has 0 spiro atoms. The molecule has 0 amide bonds. The normalized spacial score (nSPS) is 14.0. The van der Waals surface area contributed by atoms with Crippen molar-refractivity contribution in [1.82, 2.24) is 0 Å². The second kappa shape index (κ2) is 10.6. The van der Waals surface area contributed by atoms with Crippen molar-refractivity contribution >= 4 is 97.4 Å². The van der Waals surface area contributed by atoms with E-state index in [-0.39, 0.29) is 0 Å². The molecule has 252 valence electrons. The van der Waals surface area contributed by atoms with E-state index in [4.69, 9.17) is 0 Å². The summed E-state index contributed by atoms with van der Waals surface area (Å²) in [4.78, 5) is 5.88. The maximum Gasteiger partial charge on any atom is 0.252 e. The van der Waals surface area contributed by atoms with Gasteiger partial charge in [-0.05, 0) is 160 Å². The first-order valence-electron chi connectivity index (χ1n) is 17.1. The molecule has 0 aromatic heterocycles. The third-order valence-electron chi connectivity index (χ3n) is 11.0. The van der Waals surface area contributed by atoms with Crippen molar-refractivity contribution in [3.63, 3.8) is 0 Å². The molecule has 0 fully saturated rings. The number of halogens is 6. The van der Waals surface area contributed by atoms with Crippen LogP contribution in [0.5, 0.6) is 0 Å². The summed E-state index contributed by atoms with van der Waals surface area (Å²) in [5.74, 6) is -2.79. The Morgan fingerprint density at radius 2 is 0.604 bits per heavy atom. The van der Waals surface area contributed by atoms with Crippen LogP contribution in [0, 0.1) is 34.9 Å². The minimum atomic E-state index is -0.662. The number of anilines is 9. The molecule has 0 atom stereocenters. The summed E-state index contributed by atoms with van der Waals surface area (Å²) in [7, 11) is 0. The van der Waals surface area contributed by atoms with Gasteiger partial charge >= 0.3 is 0 Å². The maximum atomic E-state index is 15.4. The number of rotatable bonds is 2. The predicted molar refractivity (Wildman–Crippen MR) is 200 cm³/mol. The Balaban J connectivity index is 1.34. The molecule has 0 radical (unpaired) electrons. The van der Waals surface area contributed by atoms with Gasteiger partial charge in [0.05, 0.1) is 0 Å². The summed E-state index contributed by atoms with van der Waals surface area (Å²) < 4.78 is 90.5. The highest BCUT2D eigenvalue weighted by Crippen LogP contribution is 2.49. The molecule has 0 bridgehead atoms. The number of hydrogen-bond acceptors (Lipinski definition) is 3. The fourth-order valence-electron chi connectivity index (χ4n) is 9.02. The van der Waals surface area contributed by atoms with E-state index in [9.17, 15) is 8.78 Å². The van der Waals surface area contributed by atoms with Gasteiger partial charge in [0.15, 0.2) is 0 Å². The van der Waals surface area contributed by atoms with Crippen molar-refractivity contribution in [2.45, 2.75) is 0 Å². The van der Waals surface area contributed by atoms with Gasteiger partial charge in [-0.2, -0.15) is 0 Å². The van der Waals surface area contributed by atoms with Crippen LogP contribution in [0.1, 0.15) is 0 Å². The lowest BCUT2D eigenvalue weighted by Crippen LogP contribution is -2.68. The van der Waals surface area contributed by atoms with Crippen LogP contribution in [0.15, 0.2) is 127 Å². The van der Waals surface area contributed by atoms with E-state index in [0.717, 1.165) is 10.9 Å². The summed E-state index contributed by atoms with van der Waals surface area (Å²) in [5, 5.41) is 0. The number of fused-ring (bicyclic) bond motifs is 10. The van der Waals surface area contributed by atoms with Crippen molar-refractivity contribution < 1.29 is 26.3 Å². The van der Waals surface area contributed by atoms with Gasteiger partial charge in [0, 0.05) is 51.2 Å². The lowest BCUT2D eigenvalue weighted by atomic mass is 9.28. The minimum absolute atomic E-state index is 0.432. The molecule has 7 aromatic rings. The van der Waals surface area contributed by atoms with Gasteiger partial charge in [0.1, 0.15) is 34.9 Å². The number of benzene rings is 7. The van der Waals surface area contributed by atoms with Crippen LogP contribution in [-0.2, 0) is 0 Å². The van der Waals surface area contributed by atoms with Crippen molar-refractivity contribution in [3.8, 4) is 0 Å². The molecule has 4 aliphatic heterocycles. The fourth-order valence-corrected chi connectivity index (χ4v) is 9.02. The van der Waals surface area contributed by atoms with E-state index < -0.39 is 48.3 Å². The fraction of sp³-hybridized carbons (Fsp3) is 0. The highest BCUT2D eigenvalue weighted by Gasteiger charge is 2.52. The van der Waals surface area contributed by atoms with E-state index in [1.165, 1.54) is 72.8 Å². The molecule has 4 heterocycles. The lowest BCUT2D eigenvalue weighted by molar-refractivity contribution is 0.627. The highest BCUT2D eigenvalue weighted by molar-refractivity contribution is 7.04. The van der Waals surface area contributed by atoms with Gasteiger partial charge in [0.25, 0.3) is 13.4 Å². The Morgan fingerprint density at radius 3 is 0.943 bits per heavy atom. The summed E-state index contributed by atoms with van der Waals surface area (Å²) in [5.41, 5.74) is 9.46. The molecule has 0 saturated carbocycles. The van der Waals surface area contributed by atoms with Crippen LogP contribution in [0.4, 0.5) is 77.5 Å². The maximum absolute atomic E-state index is 15.4. The number of nitrogens with zero attached hydrogens (tertiary/aromatic N) is 3. The van der Waals surface area contributed by atoms with Gasteiger partial charge in [-0.1, -0.05) is 0 Å². The molecule has 0 N–H and O–H groups in total. The zero-order valence-electron chi connectivity index (χ0n) is 27.4. The molecule has 53 heavy (non-hydrogen) atoms. The van der Waals surface area contributed by atoms with Crippen LogP contribution < -0.4 is 47.5 Å². The zero-order valence-corrected chi connectivity index (χ0v) is 27.4. The quantitative estimate of drug-likeness (QED) is 0.139. The molecule has 0 aliphatic carbocycles. The lowest BCUT2D eigenvalue weighted by Gasteiger charge is -2.51. The monoisotopic (exact) mass is 703 g/mol. The van der Waals surface area contributed by atoms with Crippen LogP contribution in [0.3, 0.4) is 0 Å². The molecular weight excluding hydrogens is 682 g/mol. The zero-order chi connectivity index (χ0) is 35.9. The second-order valence-corrected chi connectivity index (χ2v) is 13.7. The Morgan fingerprint density at radius 1 is 0.302 bits per heavy atom. The Bertz CT molecular complexity index is 2530. The van der Waals surface area contributed by atoms with E-state index in [2.05, 4.69) is 0 Å². The average Bonchev–Trinajstić information content (AvgIpc) is 3.15. The number of hydrogen-bond donors (Lipinski definition) is 0. The summed E-state index contributed by atoms with van der Waals surface area (Å²) in [6, 6.07) is 31.9. The predicted octanol–water partition coefficient (Wildman–Crippen LogP) is 7.22. The van der Waals surface area contributed by atoms with Crippen LogP contribution in [-0.4, -0.2) is 13.4 Å². The minimum Gasteiger partial charge on any atom is -0.312 e. The smallest absolute Gasteiger partial charge is 0.252 e. The third kappa shape index (κ3) is 4.10. The highest BCUT2D eigenvalue weighted by atomic mass is 19.1. The van der Waals surface area contributed by atoms with Gasteiger partial charge in [-0.25, -0.2) is 26.3 Å². The van der Waals surface area contributed by atoms with Crippen molar-refractivity contribution in [2.24, 2.45) is 0 Å². The Hall–Kier alpha value is -6.35. The first-order valence-corrected chi connectivity index (χ1v) is 17.1. The topological polar surface area (TPSA) is 9.72 Å². The molecule has 7 aromatic carbocycles. The van der Waals surface area contributed by atoms with E-state index in [1.54, 1.807) is 48.5 Å². The summed E-state index contributed by atoms with van der Waals surface area (Å²) in [6.07, 6.45) is 0. The largest absolute Gasteiger partial charge is 0.312 e. The van der Waals surface area contributed by atoms with Gasteiger partial charge < -0.3 is 14.7 Å². The van der Waals surface area contributed by atoms with Crippen molar-refractivity contribution in [3.05, 3.63) is 162 Å². The molecule has 0 saturated heterocycles. The SMILES string of the molecule is Fc1ccc(N2c3ccc(F)cc3B3c4cc(F)ccc4N4c5ccc(F)cc5B5c6cc(F)ccc6N(c6ccc(F)cc6)c6cc2c3c4c65)cc1. The molecule has 3 nitrogen and oxygen atoms in total. The Labute approximate surface area is 300 Å². The summed E-state index contributed by atoms with van der Waals surface area (Å²) in [6.45, 7) is -1.32. The van der Waals surface area contributed by atoms with E-state index in [1.807, 2.05) is 20.8 Å². The van der Waals surface area contributed by atoms with E-state index >= 15 is 17.6 Å². The molecular formula is C42H21B2F6N3. The van der Waals surface area contributed by atoms with Crippen LogP contribution in [0.2, 0.25) is 0 Å². The first kappa shape index (κ1) is 30.3. The van der Waals surface area contributed by atoms with Crippen LogP contribution >= 0.6 is 0 Å². The summed E-state index contributed by atoms with van der Waals surface area (Å²) >= 11 is 0. The van der Waals surface area contributed by atoms with Gasteiger partial charge in [0.2, 0.25) is 0 Å². The second-order valence-electron chi connectivity index (χ2n) is 13.7. The Kier molecular flexibility index (Phi) is 6.06.